The molecule has 3 fully saturated rings. The number of nitrogens with zero attached hydrogens (tertiary/aromatic N) is 6. The maximum atomic E-state index is 13.3. The summed E-state index contributed by atoms with van der Waals surface area (Å²) in [6, 6.07) is 27.6. The van der Waals surface area contributed by atoms with Gasteiger partial charge in [0.2, 0.25) is 0 Å². The van der Waals surface area contributed by atoms with Gasteiger partial charge in [-0.25, -0.2) is 4.79 Å². The minimum absolute atomic E-state index is 0.161. The first-order valence-corrected chi connectivity index (χ1v) is 17.7. The SMILES string of the molecule is N#CC[C@H]1CN(c2nc(OCC3([C@@H]4CCCN4)CC3)nc3c2CCN(c2cccc4ccccc24)C3)CCN1C(=O)OCc1ccccc1. The molecule has 49 heavy (non-hydrogen) atoms. The van der Waals surface area contributed by atoms with Crippen LogP contribution in [-0.2, 0) is 24.3 Å². The fourth-order valence-corrected chi connectivity index (χ4v) is 7.94. The summed E-state index contributed by atoms with van der Waals surface area (Å²) >= 11 is 0. The van der Waals surface area contributed by atoms with Gasteiger partial charge in [0.25, 0.3) is 0 Å². The molecule has 2 atom stereocenters. The Labute approximate surface area is 287 Å². The normalized spacial score (nSPS) is 21.2. The van der Waals surface area contributed by atoms with E-state index in [1.54, 1.807) is 4.90 Å². The van der Waals surface area contributed by atoms with Gasteiger partial charge < -0.3 is 29.5 Å². The van der Waals surface area contributed by atoms with E-state index in [1.807, 2.05) is 30.3 Å². The van der Waals surface area contributed by atoms with Crippen LogP contribution in [0.4, 0.5) is 16.3 Å². The van der Waals surface area contributed by atoms with Crippen LogP contribution in [-0.4, -0.2) is 72.4 Å². The van der Waals surface area contributed by atoms with Crippen molar-refractivity contribution >= 4 is 28.4 Å². The van der Waals surface area contributed by atoms with Crippen LogP contribution in [0, 0.1) is 16.7 Å². The Bertz CT molecular complexity index is 1850. The standard InChI is InChI=1S/C39H43N7O3/c40-19-15-30-24-45(22-23-46(30)38(47)48-26-28-8-2-1-3-9-28)36-32-16-21-44(34-13-6-11-29-10-4-5-12-31(29)34)25-33(32)42-37(43-36)49-27-39(17-18-39)35-14-7-20-41-35/h1-6,8-13,30,35,41H,7,14-18,20-27H2/t30-,35-/m0/s1. The number of nitrogens with one attached hydrogen (secondary N) is 1. The summed E-state index contributed by atoms with van der Waals surface area (Å²) in [5.74, 6) is 0.863. The van der Waals surface area contributed by atoms with Crippen LogP contribution in [0.3, 0.4) is 0 Å². The molecule has 0 spiro atoms. The van der Waals surface area contributed by atoms with E-state index in [-0.39, 0.29) is 24.5 Å². The lowest BCUT2D eigenvalue weighted by Gasteiger charge is -2.42. The number of hydrogen-bond donors (Lipinski definition) is 1. The zero-order valence-corrected chi connectivity index (χ0v) is 27.9. The van der Waals surface area contributed by atoms with Gasteiger partial charge in [-0.3, -0.25) is 0 Å². The molecule has 3 aromatic carbocycles. The average molecular weight is 658 g/mol. The summed E-state index contributed by atoms with van der Waals surface area (Å²) in [6.07, 6.45) is 5.33. The Hall–Kier alpha value is -4.88. The molecule has 8 rings (SSSR count). The Balaban J connectivity index is 1.06. The predicted octanol–water partition coefficient (Wildman–Crippen LogP) is 5.84. The lowest BCUT2D eigenvalue weighted by atomic mass is 9.96. The van der Waals surface area contributed by atoms with Crippen LogP contribution in [0.5, 0.6) is 6.01 Å². The van der Waals surface area contributed by atoms with E-state index in [9.17, 15) is 10.1 Å². The maximum Gasteiger partial charge on any atom is 0.410 e. The van der Waals surface area contributed by atoms with Gasteiger partial charge in [-0.1, -0.05) is 66.7 Å². The Morgan fingerprint density at radius 1 is 0.980 bits per heavy atom. The number of amides is 1. The highest BCUT2D eigenvalue weighted by Gasteiger charge is 2.51. The van der Waals surface area contributed by atoms with E-state index in [0.29, 0.717) is 44.8 Å². The number of hydrogen-bond acceptors (Lipinski definition) is 9. The number of piperazine rings is 1. The van der Waals surface area contributed by atoms with Crippen LogP contribution in [0.15, 0.2) is 72.8 Å². The van der Waals surface area contributed by atoms with Gasteiger partial charge in [0.15, 0.2) is 0 Å². The van der Waals surface area contributed by atoms with Crippen molar-refractivity contribution in [3.05, 3.63) is 89.6 Å². The average Bonchev–Trinajstić information content (AvgIpc) is 3.73. The molecular formula is C39H43N7O3. The van der Waals surface area contributed by atoms with Crippen molar-refractivity contribution in [1.82, 2.24) is 20.2 Å². The fourth-order valence-electron chi connectivity index (χ4n) is 7.94. The van der Waals surface area contributed by atoms with Gasteiger partial charge in [0.05, 0.1) is 37.4 Å². The van der Waals surface area contributed by atoms with Crippen molar-refractivity contribution in [3.8, 4) is 12.1 Å². The first-order valence-electron chi connectivity index (χ1n) is 17.7. The lowest BCUT2D eigenvalue weighted by Crippen LogP contribution is -2.55. The zero-order chi connectivity index (χ0) is 33.2. The second kappa shape index (κ2) is 13.6. The maximum absolute atomic E-state index is 13.3. The van der Waals surface area contributed by atoms with E-state index in [4.69, 9.17) is 19.4 Å². The topological polar surface area (TPSA) is 107 Å². The Kier molecular flexibility index (Phi) is 8.68. The number of ether oxygens (including phenoxy) is 2. The Morgan fingerprint density at radius 2 is 1.82 bits per heavy atom. The molecule has 0 unspecified atom stereocenters. The highest BCUT2D eigenvalue weighted by atomic mass is 16.6. The molecule has 1 amide bonds. The smallest absolute Gasteiger partial charge is 0.410 e. The number of aromatic nitrogens is 2. The van der Waals surface area contributed by atoms with Gasteiger partial charge in [0, 0.05) is 54.3 Å². The molecule has 4 aliphatic rings. The molecule has 10 heteroatoms. The van der Waals surface area contributed by atoms with Gasteiger partial charge in [0.1, 0.15) is 12.4 Å². The lowest BCUT2D eigenvalue weighted by molar-refractivity contribution is 0.0767. The highest BCUT2D eigenvalue weighted by molar-refractivity contribution is 5.94. The molecule has 3 aliphatic heterocycles. The number of anilines is 2. The summed E-state index contributed by atoms with van der Waals surface area (Å²) in [5, 5.41) is 15.9. The molecule has 2 saturated heterocycles. The summed E-state index contributed by atoms with van der Waals surface area (Å²) in [7, 11) is 0. The summed E-state index contributed by atoms with van der Waals surface area (Å²) < 4.78 is 12.2. The number of carbonyl (C=O) groups is 1. The van der Waals surface area contributed by atoms with E-state index >= 15 is 0 Å². The highest BCUT2D eigenvalue weighted by Crippen LogP contribution is 2.51. The van der Waals surface area contributed by atoms with E-state index in [2.05, 4.69) is 63.7 Å². The van der Waals surface area contributed by atoms with E-state index in [0.717, 1.165) is 55.0 Å². The molecule has 1 saturated carbocycles. The van der Waals surface area contributed by atoms with Crippen molar-refractivity contribution in [2.75, 3.05) is 49.1 Å². The van der Waals surface area contributed by atoms with Crippen molar-refractivity contribution in [3.63, 3.8) is 0 Å². The van der Waals surface area contributed by atoms with Gasteiger partial charge >= 0.3 is 12.1 Å². The molecule has 1 N–H and O–H groups in total. The third-order valence-electron chi connectivity index (χ3n) is 10.9. The molecule has 1 aromatic heterocycles. The molecular weight excluding hydrogens is 614 g/mol. The van der Waals surface area contributed by atoms with Gasteiger partial charge in [-0.05, 0) is 55.7 Å². The van der Waals surface area contributed by atoms with Crippen LogP contribution in [0.1, 0.15) is 48.9 Å². The van der Waals surface area contributed by atoms with Gasteiger partial charge in [-0.15, -0.1) is 0 Å². The van der Waals surface area contributed by atoms with E-state index < -0.39 is 6.09 Å². The number of benzene rings is 3. The molecule has 1 aliphatic carbocycles. The number of carbonyl (C=O) groups excluding carboxylic acids is 1. The zero-order valence-electron chi connectivity index (χ0n) is 27.9. The fraction of sp³-hybridized carbons (Fsp3) is 0.436. The van der Waals surface area contributed by atoms with Crippen LogP contribution >= 0.6 is 0 Å². The quantitative estimate of drug-likeness (QED) is 0.238. The van der Waals surface area contributed by atoms with Crippen molar-refractivity contribution < 1.29 is 14.3 Å². The van der Waals surface area contributed by atoms with E-state index in [1.165, 1.54) is 29.3 Å². The molecule has 10 nitrogen and oxygen atoms in total. The third kappa shape index (κ3) is 6.47. The van der Waals surface area contributed by atoms with Crippen LogP contribution < -0.4 is 19.9 Å². The van der Waals surface area contributed by atoms with Gasteiger partial charge in [-0.2, -0.15) is 15.2 Å². The minimum atomic E-state index is -0.390. The number of fused-ring (bicyclic) bond motifs is 2. The van der Waals surface area contributed by atoms with Crippen LogP contribution in [0.2, 0.25) is 0 Å². The number of rotatable bonds is 9. The monoisotopic (exact) mass is 657 g/mol. The third-order valence-corrected chi connectivity index (χ3v) is 10.9. The van der Waals surface area contributed by atoms with Crippen molar-refractivity contribution in [1.29, 1.82) is 5.26 Å². The minimum Gasteiger partial charge on any atom is -0.463 e. The molecule has 0 radical (unpaired) electrons. The summed E-state index contributed by atoms with van der Waals surface area (Å²) in [6.45, 7) is 4.87. The largest absolute Gasteiger partial charge is 0.463 e. The first kappa shape index (κ1) is 31.4. The number of nitriles is 1. The predicted molar refractivity (Wildman–Crippen MR) is 188 cm³/mol. The first-order chi connectivity index (χ1) is 24.1. The molecule has 252 valence electrons. The second-order valence-corrected chi connectivity index (χ2v) is 13.9. The molecule has 0 bridgehead atoms. The van der Waals surface area contributed by atoms with Crippen molar-refractivity contribution in [2.45, 2.75) is 63.8 Å². The van der Waals surface area contributed by atoms with Crippen LogP contribution in [0.25, 0.3) is 10.8 Å². The molecule has 4 heterocycles. The molecule has 4 aromatic rings. The summed E-state index contributed by atoms with van der Waals surface area (Å²) in [4.78, 5) is 29.8. The summed E-state index contributed by atoms with van der Waals surface area (Å²) in [5.41, 5.74) is 4.39. The second-order valence-electron chi connectivity index (χ2n) is 13.9. The Morgan fingerprint density at radius 3 is 2.63 bits per heavy atom. The van der Waals surface area contributed by atoms with Crippen molar-refractivity contribution in [2.24, 2.45) is 5.41 Å².